The van der Waals surface area contributed by atoms with Gasteiger partial charge in [0.05, 0.1) is 0 Å². The van der Waals surface area contributed by atoms with E-state index in [9.17, 15) is 13.0 Å². The summed E-state index contributed by atoms with van der Waals surface area (Å²) in [6.07, 6.45) is 2.95. The SMILES string of the molecule is CCCCCSOS(=O)(=O)[O-].[Na+]. The Hall–Kier alpha value is 1.22. The van der Waals surface area contributed by atoms with E-state index in [0.29, 0.717) is 17.8 Å². The standard InChI is InChI=1S/C5H12O4S2.Na/c1-2-3-4-5-10-9-11(6,7)8;/h2-5H2,1H3,(H,6,7,8);/q;+1/p-1. The zero-order valence-corrected chi connectivity index (χ0v) is 10.9. The summed E-state index contributed by atoms with van der Waals surface area (Å²) in [6.45, 7) is 2.04. The Bertz CT molecular complexity index is 180. The van der Waals surface area contributed by atoms with Crippen molar-refractivity contribution in [2.24, 2.45) is 0 Å². The maximum Gasteiger partial charge on any atom is 1.00 e. The van der Waals surface area contributed by atoms with Crippen molar-refractivity contribution in [2.75, 3.05) is 5.75 Å². The van der Waals surface area contributed by atoms with E-state index in [1.807, 2.05) is 6.92 Å². The number of hydrogen-bond donors (Lipinski definition) is 0. The van der Waals surface area contributed by atoms with Gasteiger partial charge < -0.3 is 4.55 Å². The zero-order valence-electron chi connectivity index (χ0n) is 7.28. The van der Waals surface area contributed by atoms with Crippen LogP contribution in [-0.4, -0.2) is 18.7 Å². The molecule has 4 nitrogen and oxygen atoms in total. The number of hydrogen-bond acceptors (Lipinski definition) is 5. The van der Waals surface area contributed by atoms with Crippen molar-refractivity contribution in [3.63, 3.8) is 0 Å². The monoisotopic (exact) mass is 222 g/mol. The van der Waals surface area contributed by atoms with Crippen molar-refractivity contribution in [2.45, 2.75) is 26.2 Å². The fourth-order valence-electron chi connectivity index (χ4n) is 0.504. The number of rotatable bonds is 6. The minimum Gasteiger partial charge on any atom is -0.725 e. The third-order valence-electron chi connectivity index (χ3n) is 0.963. The van der Waals surface area contributed by atoms with Gasteiger partial charge in [-0.3, -0.25) is 0 Å². The molecule has 0 heterocycles. The van der Waals surface area contributed by atoms with Crippen LogP contribution in [0.4, 0.5) is 0 Å². The van der Waals surface area contributed by atoms with E-state index in [2.05, 4.69) is 3.63 Å². The van der Waals surface area contributed by atoms with Crippen LogP contribution < -0.4 is 29.6 Å². The largest absolute Gasteiger partial charge is 1.00 e. The number of unbranched alkanes of at least 4 members (excludes halogenated alkanes) is 2. The van der Waals surface area contributed by atoms with Gasteiger partial charge in [0.2, 0.25) is 10.4 Å². The minimum atomic E-state index is -4.50. The summed E-state index contributed by atoms with van der Waals surface area (Å²) < 4.78 is 33.5. The van der Waals surface area contributed by atoms with E-state index in [4.69, 9.17) is 0 Å². The van der Waals surface area contributed by atoms with Crippen LogP contribution in [0.25, 0.3) is 0 Å². The van der Waals surface area contributed by atoms with Crippen molar-refractivity contribution < 1.29 is 46.2 Å². The summed E-state index contributed by atoms with van der Waals surface area (Å²) in [5.41, 5.74) is 0. The fraction of sp³-hybridized carbons (Fsp3) is 1.00. The third kappa shape index (κ3) is 13.8. The molecule has 0 spiro atoms. The minimum absolute atomic E-state index is 0. The molecule has 0 amide bonds. The summed E-state index contributed by atoms with van der Waals surface area (Å²) in [5.74, 6) is 0.551. The smallest absolute Gasteiger partial charge is 0.725 e. The third-order valence-corrected chi connectivity index (χ3v) is 2.47. The van der Waals surface area contributed by atoms with Crippen molar-refractivity contribution in [1.82, 2.24) is 0 Å². The molecule has 7 heteroatoms. The molecular weight excluding hydrogens is 211 g/mol. The van der Waals surface area contributed by atoms with Gasteiger partial charge in [-0.1, -0.05) is 19.8 Å². The zero-order chi connectivity index (χ0) is 8.74. The van der Waals surface area contributed by atoms with Gasteiger partial charge >= 0.3 is 29.6 Å². The molecule has 0 aliphatic carbocycles. The maximum absolute atomic E-state index is 9.87. The second-order valence-electron chi connectivity index (χ2n) is 2.01. The molecule has 0 unspecified atom stereocenters. The molecule has 0 aliphatic rings. The van der Waals surface area contributed by atoms with Crippen LogP contribution in [0.15, 0.2) is 0 Å². The van der Waals surface area contributed by atoms with Crippen molar-refractivity contribution in [3.05, 3.63) is 0 Å². The van der Waals surface area contributed by atoms with Crippen molar-refractivity contribution >= 4 is 22.4 Å². The van der Waals surface area contributed by atoms with Gasteiger partial charge in [-0.05, 0) is 6.42 Å². The molecule has 0 saturated carbocycles. The Balaban J connectivity index is 0. The van der Waals surface area contributed by atoms with Crippen LogP contribution in [0.5, 0.6) is 0 Å². The first-order valence-corrected chi connectivity index (χ1v) is 5.57. The van der Waals surface area contributed by atoms with Gasteiger partial charge in [-0.2, -0.15) is 0 Å². The first-order chi connectivity index (χ1) is 5.06. The molecule has 0 rings (SSSR count). The van der Waals surface area contributed by atoms with Crippen LogP contribution in [-0.2, 0) is 14.0 Å². The van der Waals surface area contributed by atoms with Gasteiger partial charge in [-0.15, -0.1) is 0 Å². The van der Waals surface area contributed by atoms with E-state index in [0.717, 1.165) is 19.3 Å². The van der Waals surface area contributed by atoms with E-state index in [-0.39, 0.29) is 29.6 Å². The predicted molar refractivity (Wildman–Crippen MR) is 42.8 cm³/mol. The normalized spacial score (nSPS) is 10.8. The molecule has 0 fully saturated rings. The van der Waals surface area contributed by atoms with Crippen LogP contribution >= 0.6 is 12.0 Å². The molecule has 68 valence electrons. The molecule has 0 aliphatic heterocycles. The van der Waals surface area contributed by atoms with Crippen LogP contribution in [0.2, 0.25) is 0 Å². The van der Waals surface area contributed by atoms with E-state index >= 15 is 0 Å². The summed E-state index contributed by atoms with van der Waals surface area (Å²) in [7, 11) is -4.50. The van der Waals surface area contributed by atoms with Crippen LogP contribution in [0, 0.1) is 0 Å². The summed E-state index contributed by atoms with van der Waals surface area (Å²) in [4.78, 5) is 0. The second-order valence-corrected chi connectivity index (χ2v) is 4.01. The van der Waals surface area contributed by atoms with Crippen LogP contribution in [0.3, 0.4) is 0 Å². The summed E-state index contributed by atoms with van der Waals surface area (Å²) in [5, 5.41) is 0. The molecule has 12 heavy (non-hydrogen) atoms. The molecule has 0 radical (unpaired) electrons. The average Bonchev–Trinajstić information content (AvgIpc) is 1.85. The van der Waals surface area contributed by atoms with Crippen molar-refractivity contribution in [1.29, 1.82) is 0 Å². The summed E-state index contributed by atoms with van der Waals surface area (Å²) in [6, 6.07) is 0. The first kappa shape index (κ1) is 15.7. The quantitative estimate of drug-likeness (QED) is 0.176. The molecule has 0 aromatic rings. The Morgan fingerprint density at radius 2 is 2.00 bits per heavy atom. The second kappa shape index (κ2) is 8.80. The van der Waals surface area contributed by atoms with Gasteiger partial charge in [0.25, 0.3) is 0 Å². The summed E-state index contributed by atoms with van der Waals surface area (Å²) >= 11 is 0.700. The van der Waals surface area contributed by atoms with E-state index < -0.39 is 10.4 Å². The van der Waals surface area contributed by atoms with Gasteiger partial charge in [0.15, 0.2) is 0 Å². The Labute approximate surface area is 99.9 Å². The first-order valence-electron chi connectivity index (χ1n) is 3.33. The Morgan fingerprint density at radius 1 is 1.42 bits per heavy atom. The molecule has 0 N–H and O–H groups in total. The molecule has 0 atom stereocenters. The molecule has 0 saturated heterocycles. The molecule has 0 bridgehead atoms. The van der Waals surface area contributed by atoms with Gasteiger partial charge in [0, 0.05) is 17.8 Å². The molecule has 0 aromatic carbocycles. The fourth-order valence-corrected chi connectivity index (χ4v) is 1.57. The Morgan fingerprint density at radius 3 is 2.42 bits per heavy atom. The van der Waals surface area contributed by atoms with Crippen molar-refractivity contribution in [3.8, 4) is 0 Å². The van der Waals surface area contributed by atoms with Gasteiger partial charge in [-0.25, -0.2) is 12.0 Å². The Kier molecular flexibility index (Phi) is 11.5. The predicted octanol–water partition coefficient (Wildman–Crippen LogP) is -1.69. The average molecular weight is 222 g/mol. The molecule has 0 aromatic heterocycles. The topological polar surface area (TPSA) is 66.4 Å². The van der Waals surface area contributed by atoms with E-state index in [1.54, 1.807) is 0 Å². The molecular formula is C5H11NaO4S2. The van der Waals surface area contributed by atoms with Crippen LogP contribution in [0.1, 0.15) is 26.2 Å². The maximum atomic E-state index is 9.87. The van der Waals surface area contributed by atoms with E-state index in [1.165, 1.54) is 0 Å². The van der Waals surface area contributed by atoms with Gasteiger partial charge in [0.1, 0.15) is 0 Å².